The highest BCUT2D eigenvalue weighted by Gasteiger charge is 2.35. The summed E-state index contributed by atoms with van der Waals surface area (Å²) in [6.45, 7) is 0. The molecule has 0 fully saturated rings. The van der Waals surface area contributed by atoms with Gasteiger partial charge >= 0.3 is 0 Å². The summed E-state index contributed by atoms with van der Waals surface area (Å²) >= 11 is 1.85. The molecule has 0 radical (unpaired) electrons. The van der Waals surface area contributed by atoms with Gasteiger partial charge in [0.2, 0.25) is 5.95 Å². The molecule has 248 valence electrons. The first-order chi connectivity index (χ1) is 26.3. The summed E-state index contributed by atoms with van der Waals surface area (Å²) in [4.78, 5) is 15.6. The highest BCUT2D eigenvalue weighted by Crippen LogP contribution is 2.58. The molecular formula is C48H30N4S. The minimum absolute atomic E-state index is 0.623. The first-order valence-electron chi connectivity index (χ1n) is 17.8. The predicted octanol–water partition coefficient (Wildman–Crippen LogP) is 13.7. The van der Waals surface area contributed by atoms with E-state index in [4.69, 9.17) is 9.97 Å². The Kier molecular flexibility index (Phi) is 6.69. The molecule has 10 aromatic rings. The van der Waals surface area contributed by atoms with E-state index in [0.29, 0.717) is 5.95 Å². The van der Waals surface area contributed by atoms with Gasteiger partial charge in [0.1, 0.15) is 0 Å². The number of anilines is 6. The molecule has 0 unspecified atom stereocenters. The van der Waals surface area contributed by atoms with Crippen molar-refractivity contribution in [3.05, 3.63) is 182 Å². The third-order valence-corrected chi connectivity index (χ3v) is 11.5. The van der Waals surface area contributed by atoms with Gasteiger partial charge in [-0.1, -0.05) is 140 Å². The first kappa shape index (κ1) is 29.9. The predicted molar refractivity (Wildman–Crippen MR) is 224 cm³/mol. The van der Waals surface area contributed by atoms with Crippen molar-refractivity contribution in [3.63, 3.8) is 0 Å². The third-order valence-electron chi connectivity index (χ3n) is 10.4. The molecule has 2 aromatic heterocycles. The summed E-state index contributed by atoms with van der Waals surface area (Å²) < 4.78 is 2.58. The standard InChI is InChI=1S/C48H30N4S/c1-3-15-33(16-4-1)40-30-41(34-17-5-2-6-18-34)50-48(49-40)52-43-27-24-31-13-7-9-19-36(31)46(43)51(42-26-23-32-14-8-10-20-37(32)47(42)52)35-25-28-45-39(29-35)38-21-11-12-22-44(38)53-45/h1-30H. The lowest BCUT2D eigenvalue weighted by molar-refractivity contribution is 1.07. The van der Waals surface area contributed by atoms with Crippen LogP contribution in [-0.2, 0) is 0 Å². The second-order valence-electron chi connectivity index (χ2n) is 13.4. The lowest BCUT2D eigenvalue weighted by Gasteiger charge is -2.41. The summed E-state index contributed by atoms with van der Waals surface area (Å²) in [6.07, 6.45) is 0. The van der Waals surface area contributed by atoms with E-state index in [-0.39, 0.29) is 0 Å². The topological polar surface area (TPSA) is 32.3 Å². The van der Waals surface area contributed by atoms with Crippen LogP contribution in [0.1, 0.15) is 0 Å². The molecule has 0 saturated carbocycles. The Labute approximate surface area is 310 Å². The molecule has 0 spiro atoms. The van der Waals surface area contributed by atoms with Crippen molar-refractivity contribution >= 4 is 87.4 Å². The molecule has 8 aromatic carbocycles. The molecule has 53 heavy (non-hydrogen) atoms. The normalized spacial score (nSPS) is 12.5. The highest BCUT2D eigenvalue weighted by molar-refractivity contribution is 7.25. The van der Waals surface area contributed by atoms with Crippen LogP contribution in [0.4, 0.5) is 34.4 Å². The van der Waals surface area contributed by atoms with Crippen molar-refractivity contribution in [2.24, 2.45) is 0 Å². The van der Waals surface area contributed by atoms with E-state index in [1.165, 1.54) is 25.6 Å². The summed E-state index contributed by atoms with van der Waals surface area (Å²) in [5, 5.41) is 7.16. The van der Waals surface area contributed by atoms with Crippen molar-refractivity contribution in [3.8, 4) is 22.5 Å². The van der Waals surface area contributed by atoms with Crippen molar-refractivity contribution in [1.29, 1.82) is 0 Å². The maximum atomic E-state index is 5.40. The molecule has 1 aliphatic rings. The van der Waals surface area contributed by atoms with Gasteiger partial charge in [-0.3, -0.25) is 4.90 Å². The molecule has 0 amide bonds. The van der Waals surface area contributed by atoms with E-state index in [9.17, 15) is 0 Å². The minimum Gasteiger partial charge on any atom is -0.306 e. The Morgan fingerprint density at radius 2 is 0.887 bits per heavy atom. The number of rotatable bonds is 4. The van der Waals surface area contributed by atoms with Crippen LogP contribution in [0.5, 0.6) is 0 Å². The number of aromatic nitrogens is 2. The Bertz CT molecular complexity index is 2970. The van der Waals surface area contributed by atoms with Gasteiger partial charge in [-0.15, -0.1) is 11.3 Å². The second kappa shape index (κ2) is 11.9. The molecule has 3 heterocycles. The fourth-order valence-electron chi connectivity index (χ4n) is 7.94. The lowest BCUT2D eigenvalue weighted by atomic mass is 9.97. The molecule has 0 atom stereocenters. The third kappa shape index (κ3) is 4.75. The largest absolute Gasteiger partial charge is 0.306 e. The summed E-state index contributed by atoms with van der Waals surface area (Å²) in [7, 11) is 0. The van der Waals surface area contributed by atoms with Crippen LogP contribution >= 0.6 is 11.3 Å². The number of benzene rings is 8. The summed E-state index contributed by atoms with van der Waals surface area (Å²) in [5.41, 5.74) is 9.17. The molecule has 0 bridgehead atoms. The van der Waals surface area contributed by atoms with Gasteiger partial charge in [0.15, 0.2) is 0 Å². The molecular weight excluding hydrogens is 665 g/mol. The van der Waals surface area contributed by atoms with Crippen LogP contribution in [0.2, 0.25) is 0 Å². The van der Waals surface area contributed by atoms with Crippen LogP contribution in [0.15, 0.2) is 182 Å². The van der Waals surface area contributed by atoms with Gasteiger partial charge < -0.3 is 4.90 Å². The number of fused-ring (bicyclic) bond motifs is 9. The maximum Gasteiger partial charge on any atom is 0.235 e. The van der Waals surface area contributed by atoms with Crippen LogP contribution in [-0.4, -0.2) is 9.97 Å². The van der Waals surface area contributed by atoms with E-state index in [0.717, 1.165) is 67.1 Å². The molecule has 0 aliphatic carbocycles. The zero-order valence-electron chi connectivity index (χ0n) is 28.5. The minimum atomic E-state index is 0.623. The van der Waals surface area contributed by atoms with E-state index < -0.39 is 0 Å². The van der Waals surface area contributed by atoms with Crippen LogP contribution < -0.4 is 9.80 Å². The first-order valence-corrected chi connectivity index (χ1v) is 18.7. The number of hydrogen-bond donors (Lipinski definition) is 0. The maximum absolute atomic E-state index is 5.40. The lowest BCUT2D eigenvalue weighted by Crippen LogP contribution is -2.26. The zero-order chi connectivity index (χ0) is 34.9. The van der Waals surface area contributed by atoms with Gasteiger partial charge in [0, 0.05) is 47.8 Å². The molecule has 0 saturated heterocycles. The molecule has 5 heteroatoms. The van der Waals surface area contributed by atoms with E-state index in [1.54, 1.807) is 0 Å². The Morgan fingerprint density at radius 1 is 0.377 bits per heavy atom. The average molecular weight is 695 g/mol. The van der Waals surface area contributed by atoms with Crippen LogP contribution in [0, 0.1) is 0 Å². The van der Waals surface area contributed by atoms with Crippen molar-refractivity contribution in [2.45, 2.75) is 0 Å². The van der Waals surface area contributed by atoms with E-state index in [2.05, 4.69) is 180 Å². The zero-order valence-corrected chi connectivity index (χ0v) is 29.3. The SMILES string of the molecule is c1ccc(-c2cc(-c3ccccc3)nc(N3c4ccc5ccccc5c4N(c4ccc5sc6ccccc6c5c4)c4ccc5ccccc5c43)n2)cc1. The Balaban J connectivity index is 1.25. The summed E-state index contributed by atoms with van der Waals surface area (Å²) in [5.74, 6) is 0.623. The number of hydrogen-bond acceptors (Lipinski definition) is 5. The van der Waals surface area contributed by atoms with Crippen LogP contribution in [0.25, 0.3) is 64.2 Å². The number of thiophene rings is 1. The molecule has 1 aliphatic heterocycles. The molecule has 0 N–H and O–H groups in total. The average Bonchev–Trinajstić information content (AvgIpc) is 3.61. The van der Waals surface area contributed by atoms with E-state index >= 15 is 0 Å². The van der Waals surface area contributed by atoms with Gasteiger partial charge in [0.25, 0.3) is 0 Å². The quantitative estimate of drug-likeness (QED) is 0.184. The van der Waals surface area contributed by atoms with Crippen molar-refractivity contribution in [2.75, 3.05) is 9.80 Å². The van der Waals surface area contributed by atoms with Crippen molar-refractivity contribution in [1.82, 2.24) is 9.97 Å². The van der Waals surface area contributed by atoms with Gasteiger partial charge in [0.05, 0.1) is 34.1 Å². The monoisotopic (exact) mass is 694 g/mol. The second-order valence-corrected chi connectivity index (χ2v) is 14.5. The smallest absolute Gasteiger partial charge is 0.235 e. The molecule has 11 rings (SSSR count). The van der Waals surface area contributed by atoms with E-state index in [1.807, 2.05) is 23.5 Å². The number of nitrogens with zero attached hydrogens (tertiary/aromatic N) is 4. The van der Waals surface area contributed by atoms with Gasteiger partial charge in [-0.2, -0.15) is 0 Å². The highest BCUT2D eigenvalue weighted by atomic mass is 32.1. The van der Waals surface area contributed by atoms with Gasteiger partial charge in [-0.25, -0.2) is 9.97 Å². The fourth-order valence-corrected chi connectivity index (χ4v) is 9.02. The van der Waals surface area contributed by atoms with Crippen molar-refractivity contribution < 1.29 is 0 Å². The molecule has 4 nitrogen and oxygen atoms in total. The van der Waals surface area contributed by atoms with Crippen LogP contribution in [0.3, 0.4) is 0 Å². The fraction of sp³-hybridized carbons (Fsp3) is 0. The Morgan fingerprint density at radius 3 is 1.53 bits per heavy atom. The summed E-state index contributed by atoms with van der Waals surface area (Å²) in [6, 6.07) is 64.9. The van der Waals surface area contributed by atoms with Gasteiger partial charge in [-0.05, 0) is 53.2 Å². The Hall–Kier alpha value is -6.82.